The number of benzene rings is 2. The minimum atomic E-state index is 0.463. The van der Waals surface area contributed by atoms with Gasteiger partial charge < -0.3 is 15.2 Å². The SMILES string of the molecule is CCNC(=NCc1ccc(Cn2cnc3ccccc32)cc1)NC1CC=CC1. The smallest absolute Gasteiger partial charge is 0.191 e. The number of guanidine groups is 1. The van der Waals surface area contributed by atoms with Crippen LogP contribution in [0, 0.1) is 0 Å². The Hall–Kier alpha value is -3.08. The first-order chi connectivity index (χ1) is 13.8. The summed E-state index contributed by atoms with van der Waals surface area (Å²) in [5.74, 6) is 0.894. The molecule has 1 aliphatic rings. The monoisotopic (exact) mass is 373 g/mol. The number of imidazole rings is 1. The van der Waals surface area contributed by atoms with Crippen molar-refractivity contribution in [2.75, 3.05) is 6.54 Å². The lowest BCUT2D eigenvalue weighted by Crippen LogP contribution is -2.42. The fourth-order valence-corrected chi connectivity index (χ4v) is 3.50. The number of fused-ring (bicyclic) bond motifs is 1. The van der Waals surface area contributed by atoms with Crippen molar-refractivity contribution in [1.29, 1.82) is 0 Å². The highest BCUT2D eigenvalue weighted by atomic mass is 15.2. The van der Waals surface area contributed by atoms with E-state index in [9.17, 15) is 0 Å². The molecule has 0 amide bonds. The molecular weight excluding hydrogens is 346 g/mol. The molecule has 0 spiro atoms. The van der Waals surface area contributed by atoms with E-state index in [-0.39, 0.29) is 0 Å². The topological polar surface area (TPSA) is 54.2 Å². The van der Waals surface area contributed by atoms with E-state index in [1.54, 1.807) is 0 Å². The Kier molecular flexibility index (Phi) is 5.71. The van der Waals surface area contributed by atoms with E-state index in [1.165, 1.54) is 16.6 Å². The Labute approximate surface area is 166 Å². The van der Waals surface area contributed by atoms with E-state index in [4.69, 9.17) is 4.99 Å². The lowest BCUT2D eigenvalue weighted by Gasteiger charge is -2.16. The molecule has 0 saturated carbocycles. The number of rotatable bonds is 6. The predicted molar refractivity (Wildman–Crippen MR) is 115 cm³/mol. The molecule has 1 aromatic heterocycles. The molecule has 5 nitrogen and oxygen atoms in total. The molecule has 0 fully saturated rings. The van der Waals surface area contributed by atoms with Crippen molar-refractivity contribution >= 4 is 17.0 Å². The number of aromatic nitrogens is 2. The minimum absolute atomic E-state index is 0.463. The third kappa shape index (κ3) is 4.42. The Morgan fingerprint density at radius 1 is 1.07 bits per heavy atom. The number of nitrogens with zero attached hydrogens (tertiary/aromatic N) is 3. The van der Waals surface area contributed by atoms with Crippen molar-refractivity contribution in [3.63, 3.8) is 0 Å². The van der Waals surface area contributed by atoms with E-state index in [0.717, 1.165) is 37.4 Å². The zero-order chi connectivity index (χ0) is 19.2. The zero-order valence-corrected chi connectivity index (χ0v) is 16.3. The van der Waals surface area contributed by atoms with Crippen LogP contribution in [0.1, 0.15) is 30.9 Å². The van der Waals surface area contributed by atoms with Gasteiger partial charge in [0.2, 0.25) is 0 Å². The lowest BCUT2D eigenvalue weighted by atomic mass is 10.1. The summed E-state index contributed by atoms with van der Waals surface area (Å²) in [5.41, 5.74) is 4.67. The van der Waals surface area contributed by atoms with Crippen molar-refractivity contribution in [2.24, 2.45) is 4.99 Å². The van der Waals surface area contributed by atoms with Crippen molar-refractivity contribution in [2.45, 2.75) is 38.9 Å². The van der Waals surface area contributed by atoms with Crippen LogP contribution in [0.4, 0.5) is 0 Å². The van der Waals surface area contributed by atoms with Crippen LogP contribution in [-0.2, 0) is 13.1 Å². The maximum absolute atomic E-state index is 4.74. The van der Waals surface area contributed by atoms with Crippen molar-refractivity contribution in [3.8, 4) is 0 Å². The van der Waals surface area contributed by atoms with Gasteiger partial charge in [0.1, 0.15) is 0 Å². The molecule has 28 heavy (non-hydrogen) atoms. The average molecular weight is 374 g/mol. The van der Waals surface area contributed by atoms with Gasteiger partial charge in [-0.3, -0.25) is 0 Å². The first-order valence-electron chi connectivity index (χ1n) is 9.99. The maximum Gasteiger partial charge on any atom is 0.191 e. The summed E-state index contributed by atoms with van der Waals surface area (Å²) in [4.78, 5) is 9.21. The number of nitrogens with one attached hydrogen (secondary N) is 2. The van der Waals surface area contributed by atoms with Gasteiger partial charge in [0.05, 0.1) is 23.9 Å². The predicted octanol–water partition coefficient (Wildman–Crippen LogP) is 3.86. The summed E-state index contributed by atoms with van der Waals surface area (Å²) in [6.07, 6.45) is 8.51. The molecule has 0 bridgehead atoms. The molecule has 2 N–H and O–H groups in total. The average Bonchev–Trinajstić information content (AvgIpc) is 3.38. The van der Waals surface area contributed by atoms with Crippen LogP contribution in [0.5, 0.6) is 0 Å². The van der Waals surface area contributed by atoms with E-state index in [1.807, 2.05) is 18.5 Å². The first-order valence-corrected chi connectivity index (χ1v) is 9.99. The van der Waals surface area contributed by atoms with Crippen LogP contribution in [-0.4, -0.2) is 28.1 Å². The van der Waals surface area contributed by atoms with Gasteiger partial charge in [0.15, 0.2) is 5.96 Å². The molecule has 144 valence electrons. The van der Waals surface area contributed by atoms with Crippen LogP contribution in [0.2, 0.25) is 0 Å². The van der Waals surface area contributed by atoms with Crippen molar-refractivity contribution in [1.82, 2.24) is 20.2 Å². The highest BCUT2D eigenvalue weighted by Crippen LogP contribution is 2.15. The highest BCUT2D eigenvalue weighted by molar-refractivity contribution is 5.80. The quantitative estimate of drug-likeness (QED) is 0.392. The van der Waals surface area contributed by atoms with Crippen molar-refractivity contribution < 1.29 is 0 Å². The molecule has 5 heteroatoms. The molecule has 1 aliphatic carbocycles. The molecule has 2 aromatic carbocycles. The zero-order valence-electron chi connectivity index (χ0n) is 16.3. The lowest BCUT2D eigenvalue weighted by molar-refractivity contribution is 0.633. The Morgan fingerprint density at radius 3 is 2.61 bits per heavy atom. The summed E-state index contributed by atoms with van der Waals surface area (Å²) in [6.45, 7) is 4.45. The van der Waals surface area contributed by atoms with E-state index in [0.29, 0.717) is 12.6 Å². The second-order valence-electron chi connectivity index (χ2n) is 7.16. The van der Waals surface area contributed by atoms with Gasteiger partial charge >= 0.3 is 0 Å². The standard InChI is InChI=1S/C23H27N5/c1-2-24-23(27-20-7-3-4-8-20)25-15-18-11-13-19(14-12-18)16-28-17-26-21-9-5-6-10-22(21)28/h3-6,9-14,17,20H,2,7-8,15-16H2,1H3,(H2,24,25,27). The number of para-hydroxylation sites is 2. The summed E-state index contributed by atoms with van der Waals surface area (Å²) >= 11 is 0. The van der Waals surface area contributed by atoms with Gasteiger partial charge in [-0.25, -0.2) is 9.98 Å². The summed E-state index contributed by atoms with van der Waals surface area (Å²) < 4.78 is 2.19. The Bertz CT molecular complexity index is 960. The Balaban J connectivity index is 1.39. The van der Waals surface area contributed by atoms with Gasteiger partial charge in [-0.1, -0.05) is 48.6 Å². The van der Waals surface area contributed by atoms with Gasteiger partial charge in [0, 0.05) is 19.1 Å². The van der Waals surface area contributed by atoms with Crippen LogP contribution >= 0.6 is 0 Å². The third-order valence-corrected chi connectivity index (χ3v) is 5.02. The second kappa shape index (κ2) is 8.74. The minimum Gasteiger partial charge on any atom is -0.357 e. The number of aliphatic imine (C=N–C) groups is 1. The van der Waals surface area contributed by atoms with Gasteiger partial charge in [-0.2, -0.15) is 0 Å². The van der Waals surface area contributed by atoms with Gasteiger partial charge in [-0.15, -0.1) is 0 Å². The molecule has 0 atom stereocenters. The number of hydrogen-bond donors (Lipinski definition) is 2. The second-order valence-corrected chi connectivity index (χ2v) is 7.16. The van der Waals surface area contributed by atoms with Crippen molar-refractivity contribution in [3.05, 3.63) is 78.1 Å². The summed E-state index contributed by atoms with van der Waals surface area (Å²) in [6, 6.07) is 17.4. The van der Waals surface area contributed by atoms with Crippen LogP contribution < -0.4 is 10.6 Å². The largest absolute Gasteiger partial charge is 0.357 e. The summed E-state index contributed by atoms with van der Waals surface area (Å²) in [7, 11) is 0. The maximum atomic E-state index is 4.74. The Morgan fingerprint density at radius 2 is 1.82 bits per heavy atom. The normalized spacial score (nSPS) is 14.7. The molecule has 4 rings (SSSR count). The fraction of sp³-hybridized carbons (Fsp3) is 0.304. The van der Waals surface area contributed by atoms with Crippen LogP contribution in [0.3, 0.4) is 0 Å². The molecular formula is C23H27N5. The highest BCUT2D eigenvalue weighted by Gasteiger charge is 2.11. The molecule has 0 saturated heterocycles. The van der Waals surface area contributed by atoms with E-state index < -0.39 is 0 Å². The molecule has 0 aliphatic heterocycles. The van der Waals surface area contributed by atoms with Gasteiger partial charge in [-0.05, 0) is 43.0 Å². The molecule has 3 aromatic rings. The molecule has 0 unspecified atom stereocenters. The van der Waals surface area contributed by atoms with Gasteiger partial charge in [0.25, 0.3) is 0 Å². The first kappa shape index (κ1) is 18.3. The van der Waals surface area contributed by atoms with E-state index in [2.05, 4.69) is 75.7 Å². The summed E-state index contributed by atoms with van der Waals surface area (Å²) in [5, 5.41) is 6.85. The third-order valence-electron chi connectivity index (χ3n) is 5.02. The van der Waals surface area contributed by atoms with Crippen LogP contribution in [0.25, 0.3) is 11.0 Å². The van der Waals surface area contributed by atoms with Crippen LogP contribution in [0.15, 0.2) is 72.0 Å². The molecule has 1 heterocycles. The number of hydrogen-bond acceptors (Lipinski definition) is 2. The van der Waals surface area contributed by atoms with E-state index >= 15 is 0 Å². The fourth-order valence-electron chi connectivity index (χ4n) is 3.50. The molecule has 0 radical (unpaired) electrons.